The quantitative estimate of drug-likeness (QED) is 0.391. The standard InChI is InChI=1S/C19H10ClF3O/c20-11-2-6-18-13(9-11)12-7-10(1-5-17(12)24-18)8-14-15(21)3-4-16(22)19(14)23/h1-7,9H,8H2. The fourth-order valence-corrected chi connectivity index (χ4v) is 3.01. The van der Waals surface area contributed by atoms with E-state index >= 15 is 0 Å². The number of rotatable bonds is 2. The summed E-state index contributed by atoms with van der Waals surface area (Å²) in [5.74, 6) is -2.99. The second kappa shape index (κ2) is 5.56. The van der Waals surface area contributed by atoms with Crippen molar-refractivity contribution in [2.75, 3.05) is 0 Å². The molecule has 0 atom stereocenters. The molecule has 5 heteroatoms. The van der Waals surface area contributed by atoms with E-state index in [0.717, 1.165) is 22.9 Å². The highest BCUT2D eigenvalue weighted by Crippen LogP contribution is 2.32. The molecule has 24 heavy (non-hydrogen) atoms. The van der Waals surface area contributed by atoms with Gasteiger partial charge in [0.1, 0.15) is 17.0 Å². The molecule has 0 fully saturated rings. The van der Waals surface area contributed by atoms with Crippen molar-refractivity contribution >= 4 is 33.5 Å². The Hall–Kier alpha value is -2.46. The molecule has 1 nitrogen and oxygen atoms in total. The van der Waals surface area contributed by atoms with Crippen LogP contribution in [0.3, 0.4) is 0 Å². The van der Waals surface area contributed by atoms with Crippen LogP contribution in [0.2, 0.25) is 5.02 Å². The maximum atomic E-state index is 13.9. The molecule has 120 valence electrons. The predicted octanol–water partition coefficient (Wildman–Crippen LogP) is 6.25. The molecule has 1 heterocycles. The average Bonchev–Trinajstić information content (AvgIpc) is 2.92. The topological polar surface area (TPSA) is 13.1 Å². The van der Waals surface area contributed by atoms with Crippen LogP contribution in [-0.4, -0.2) is 0 Å². The molecule has 0 aliphatic rings. The smallest absolute Gasteiger partial charge is 0.165 e. The van der Waals surface area contributed by atoms with Crippen LogP contribution in [-0.2, 0) is 6.42 Å². The number of furan rings is 1. The molecule has 0 saturated heterocycles. The summed E-state index contributed by atoms with van der Waals surface area (Å²) in [6.45, 7) is 0. The first-order valence-corrected chi connectivity index (χ1v) is 7.64. The molecule has 3 aromatic carbocycles. The lowest BCUT2D eigenvalue weighted by Gasteiger charge is -2.06. The van der Waals surface area contributed by atoms with Gasteiger partial charge in [-0.05, 0) is 48.0 Å². The summed E-state index contributed by atoms with van der Waals surface area (Å²) < 4.78 is 46.7. The van der Waals surface area contributed by atoms with E-state index in [1.54, 1.807) is 36.4 Å². The van der Waals surface area contributed by atoms with Gasteiger partial charge in [0.2, 0.25) is 0 Å². The molecule has 0 unspecified atom stereocenters. The SMILES string of the molecule is Fc1ccc(F)c(Cc2ccc3oc4ccc(Cl)cc4c3c2)c1F. The molecular formula is C19H10ClF3O. The largest absolute Gasteiger partial charge is 0.456 e. The van der Waals surface area contributed by atoms with Gasteiger partial charge in [-0.2, -0.15) is 0 Å². The molecule has 0 aliphatic carbocycles. The monoisotopic (exact) mass is 346 g/mol. The number of hydrogen-bond acceptors (Lipinski definition) is 1. The normalized spacial score (nSPS) is 11.5. The van der Waals surface area contributed by atoms with E-state index in [4.69, 9.17) is 16.0 Å². The summed E-state index contributed by atoms with van der Waals surface area (Å²) in [6.07, 6.45) is -0.0569. The van der Waals surface area contributed by atoms with Gasteiger partial charge in [0.05, 0.1) is 0 Å². The van der Waals surface area contributed by atoms with Crippen molar-refractivity contribution in [3.63, 3.8) is 0 Å². The predicted molar refractivity (Wildman–Crippen MR) is 87.9 cm³/mol. The molecule has 0 spiro atoms. The lowest BCUT2D eigenvalue weighted by Crippen LogP contribution is -2.00. The Morgan fingerprint density at radius 1 is 0.792 bits per heavy atom. The molecular weight excluding hydrogens is 337 g/mol. The summed E-state index contributed by atoms with van der Waals surface area (Å²) >= 11 is 6.02. The maximum absolute atomic E-state index is 13.9. The summed E-state index contributed by atoms with van der Waals surface area (Å²) in [5, 5.41) is 2.18. The lowest BCUT2D eigenvalue weighted by molar-refractivity contribution is 0.482. The molecule has 0 N–H and O–H groups in total. The first-order valence-electron chi connectivity index (χ1n) is 7.26. The first-order chi connectivity index (χ1) is 11.5. The highest BCUT2D eigenvalue weighted by atomic mass is 35.5. The molecule has 0 radical (unpaired) electrons. The third-order valence-corrected chi connectivity index (χ3v) is 4.25. The second-order valence-corrected chi connectivity index (χ2v) is 6.01. The van der Waals surface area contributed by atoms with Gasteiger partial charge in [0.25, 0.3) is 0 Å². The number of hydrogen-bond donors (Lipinski definition) is 0. The first kappa shape index (κ1) is 15.1. The zero-order valence-electron chi connectivity index (χ0n) is 12.2. The number of halogens is 4. The van der Waals surface area contributed by atoms with E-state index in [0.29, 0.717) is 21.8 Å². The number of benzene rings is 3. The lowest BCUT2D eigenvalue weighted by atomic mass is 10.0. The van der Waals surface area contributed by atoms with Gasteiger partial charge < -0.3 is 4.42 Å². The van der Waals surface area contributed by atoms with E-state index in [-0.39, 0.29) is 12.0 Å². The van der Waals surface area contributed by atoms with Crippen LogP contribution in [0.1, 0.15) is 11.1 Å². The highest BCUT2D eigenvalue weighted by molar-refractivity contribution is 6.31. The van der Waals surface area contributed by atoms with Crippen LogP contribution >= 0.6 is 11.6 Å². The van der Waals surface area contributed by atoms with Gasteiger partial charge in [-0.3, -0.25) is 0 Å². The van der Waals surface area contributed by atoms with Gasteiger partial charge in [0, 0.05) is 27.8 Å². The van der Waals surface area contributed by atoms with Gasteiger partial charge in [-0.1, -0.05) is 17.7 Å². The van der Waals surface area contributed by atoms with Crippen molar-refractivity contribution in [1.82, 2.24) is 0 Å². The van der Waals surface area contributed by atoms with Crippen molar-refractivity contribution in [2.24, 2.45) is 0 Å². The maximum Gasteiger partial charge on any atom is 0.165 e. The minimum atomic E-state index is -1.16. The van der Waals surface area contributed by atoms with E-state index in [1.165, 1.54) is 0 Å². The van der Waals surface area contributed by atoms with Gasteiger partial charge in [0.15, 0.2) is 11.6 Å². The molecule has 0 aliphatic heterocycles. The van der Waals surface area contributed by atoms with E-state index < -0.39 is 17.5 Å². The van der Waals surface area contributed by atoms with Crippen LogP contribution in [0.15, 0.2) is 52.9 Å². The molecule has 0 bridgehead atoms. The van der Waals surface area contributed by atoms with Crippen molar-refractivity contribution < 1.29 is 17.6 Å². The molecule has 0 saturated carbocycles. The van der Waals surface area contributed by atoms with Crippen LogP contribution in [0.25, 0.3) is 21.9 Å². The van der Waals surface area contributed by atoms with Crippen LogP contribution in [0, 0.1) is 17.5 Å². The van der Waals surface area contributed by atoms with Crippen LogP contribution in [0.4, 0.5) is 13.2 Å². The van der Waals surface area contributed by atoms with Crippen molar-refractivity contribution in [1.29, 1.82) is 0 Å². The van der Waals surface area contributed by atoms with Crippen LogP contribution < -0.4 is 0 Å². The summed E-state index contributed by atoms with van der Waals surface area (Å²) in [7, 11) is 0. The Labute approximate surface area is 140 Å². The molecule has 4 aromatic rings. The van der Waals surface area contributed by atoms with E-state index in [2.05, 4.69) is 0 Å². The number of fused-ring (bicyclic) bond motifs is 3. The van der Waals surface area contributed by atoms with E-state index in [1.807, 2.05) is 0 Å². The fraction of sp³-hybridized carbons (Fsp3) is 0.0526. The Morgan fingerprint density at radius 2 is 1.46 bits per heavy atom. The van der Waals surface area contributed by atoms with Gasteiger partial charge in [-0.25, -0.2) is 13.2 Å². The zero-order valence-corrected chi connectivity index (χ0v) is 13.0. The fourth-order valence-electron chi connectivity index (χ4n) is 2.84. The minimum absolute atomic E-state index is 0.0569. The van der Waals surface area contributed by atoms with Crippen molar-refractivity contribution in [3.8, 4) is 0 Å². The van der Waals surface area contributed by atoms with Gasteiger partial charge >= 0.3 is 0 Å². The highest BCUT2D eigenvalue weighted by Gasteiger charge is 2.15. The van der Waals surface area contributed by atoms with Gasteiger partial charge in [-0.15, -0.1) is 0 Å². The minimum Gasteiger partial charge on any atom is -0.456 e. The Kier molecular flexibility index (Phi) is 3.50. The van der Waals surface area contributed by atoms with Crippen molar-refractivity contribution in [2.45, 2.75) is 6.42 Å². The molecule has 0 amide bonds. The summed E-state index contributed by atoms with van der Waals surface area (Å²) in [5.41, 5.74) is 1.68. The summed E-state index contributed by atoms with van der Waals surface area (Å²) in [4.78, 5) is 0. The van der Waals surface area contributed by atoms with E-state index in [9.17, 15) is 13.2 Å². The van der Waals surface area contributed by atoms with Crippen molar-refractivity contribution in [3.05, 3.63) is 82.1 Å². The third kappa shape index (κ3) is 2.43. The second-order valence-electron chi connectivity index (χ2n) is 5.57. The third-order valence-electron chi connectivity index (χ3n) is 4.02. The zero-order chi connectivity index (χ0) is 16.8. The van der Waals surface area contributed by atoms with Crippen LogP contribution in [0.5, 0.6) is 0 Å². The molecule has 1 aromatic heterocycles. The Morgan fingerprint density at radius 3 is 2.25 bits per heavy atom. The average molecular weight is 347 g/mol. The Bertz CT molecular complexity index is 1090. The Balaban J connectivity index is 1.85. The molecule has 4 rings (SSSR count). The summed E-state index contributed by atoms with van der Waals surface area (Å²) in [6, 6.07) is 12.2.